The zero-order valence-electron chi connectivity index (χ0n) is 13.2. The molecule has 114 valence electrons. The standard InChI is InChI=1S/C17H24N2O2/c1-5-12(4)19-15-9-7-6-8-13(15)16(20)18-14(17(19)21)10-11(2)3/h6-9,11-12,14H,5,10H2,1-4H3,(H,18,20). The SMILES string of the molecule is CCC(C)N1C(=O)C(CC(C)C)NC(=O)c2ccccc21. The highest BCUT2D eigenvalue weighted by molar-refractivity contribution is 6.11. The van der Waals surface area contributed by atoms with Crippen LogP contribution in [0.25, 0.3) is 0 Å². The monoisotopic (exact) mass is 288 g/mol. The van der Waals surface area contributed by atoms with Crippen molar-refractivity contribution in [2.24, 2.45) is 5.92 Å². The number of benzene rings is 1. The fraction of sp³-hybridized carbons (Fsp3) is 0.529. The van der Waals surface area contributed by atoms with Gasteiger partial charge in [0.05, 0.1) is 11.3 Å². The Bertz CT molecular complexity index is 539. The zero-order chi connectivity index (χ0) is 15.6. The summed E-state index contributed by atoms with van der Waals surface area (Å²) < 4.78 is 0. The second-order valence-corrected chi connectivity index (χ2v) is 6.14. The van der Waals surface area contributed by atoms with Gasteiger partial charge in [-0.1, -0.05) is 32.9 Å². The van der Waals surface area contributed by atoms with Gasteiger partial charge in [0.2, 0.25) is 5.91 Å². The molecule has 0 aromatic heterocycles. The summed E-state index contributed by atoms with van der Waals surface area (Å²) in [5.41, 5.74) is 1.30. The van der Waals surface area contributed by atoms with Gasteiger partial charge in [0.15, 0.2) is 0 Å². The fourth-order valence-electron chi connectivity index (χ4n) is 2.73. The minimum absolute atomic E-state index is 0.00338. The van der Waals surface area contributed by atoms with Gasteiger partial charge in [-0.15, -0.1) is 0 Å². The van der Waals surface area contributed by atoms with Gasteiger partial charge >= 0.3 is 0 Å². The van der Waals surface area contributed by atoms with Crippen LogP contribution in [-0.2, 0) is 4.79 Å². The molecule has 2 rings (SSSR count). The molecule has 1 heterocycles. The summed E-state index contributed by atoms with van der Waals surface area (Å²) in [6.45, 7) is 8.20. The van der Waals surface area contributed by atoms with E-state index in [1.54, 1.807) is 11.0 Å². The van der Waals surface area contributed by atoms with E-state index in [-0.39, 0.29) is 17.9 Å². The summed E-state index contributed by atoms with van der Waals surface area (Å²) in [4.78, 5) is 27.1. The highest BCUT2D eigenvalue weighted by Crippen LogP contribution is 2.28. The zero-order valence-corrected chi connectivity index (χ0v) is 13.2. The maximum absolute atomic E-state index is 12.9. The van der Waals surface area contributed by atoms with Gasteiger partial charge in [0, 0.05) is 6.04 Å². The fourth-order valence-corrected chi connectivity index (χ4v) is 2.73. The number of carbonyl (C=O) groups excluding carboxylic acids is 2. The lowest BCUT2D eigenvalue weighted by Crippen LogP contribution is -2.49. The second-order valence-electron chi connectivity index (χ2n) is 6.14. The van der Waals surface area contributed by atoms with Gasteiger partial charge in [-0.25, -0.2) is 0 Å². The van der Waals surface area contributed by atoms with Crippen LogP contribution in [0.5, 0.6) is 0 Å². The smallest absolute Gasteiger partial charge is 0.254 e. The van der Waals surface area contributed by atoms with Gasteiger partial charge in [-0.05, 0) is 37.8 Å². The Balaban J connectivity index is 2.49. The lowest BCUT2D eigenvalue weighted by atomic mass is 10.0. The summed E-state index contributed by atoms with van der Waals surface area (Å²) in [7, 11) is 0. The van der Waals surface area contributed by atoms with E-state index in [1.807, 2.05) is 25.1 Å². The molecule has 0 saturated heterocycles. The van der Waals surface area contributed by atoms with Gasteiger partial charge in [-0.3, -0.25) is 9.59 Å². The molecular weight excluding hydrogens is 264 g/mol. The van der Waals surface area contributed by atoms with Crippen LogP contribution >= 0.6 is 0 Å². The second kappa shape index (κ2) is 6.29. The molecule has 0 aliphatic carbocycles. The number of para-hydroxylation sites is 1. The van der Waals surface area contributed by atoms with Crippen LogP contribution in [0, 0.1) is 5.92 Å². The Kier molecular flexibility index (Phi) is 4.66. The Hall–Kier alpha value is -1.84. The van der Waals surface area contributed by atoms with E-state index in [1.165, 1.54) is 0 Å². The number of fused-ring (bicyclic) bond motifs is 1. The van der Waals surface area contributed by atoms with Crippen LogP contribution in [-0.4, -0.2) is 23.9 Å². The van der Waals surface area contributed by atoms with E-state index in [0.717, 1.165) is 12.1 Å². The minimum atomic E-state index is -0.445. The van der Waals surface area contributed by atoms with E-state index >= 15 is 0 Å². The van der Waals surface area contributed by atoms with Crippen LogP contribution in [0.15, 0.2) is 24.3 Å². The topological polar surface area (TPSA) is 49.4 Å². The third kappa shape index (κ3) is 3.09. The normalized spacial score (nSPS) is 20.0. The molecule has 21 heavy (non-hydrogen) atoms. The number of rotatable bonds is 4. The number of hydrogen-bond donors (Lipinski definition) is 1. The number of hydrogen-bond acceptors (Lipinski definition) is 2. The summed E-state index contributed by atoms with van der Waals surface area (Å²) in [6.07, 6.45) is 1.51. The molecule has 0 radical (unpaired) electrons. The van der Waals surface area contributed by atoms with Crippen LogP contribution in [0.3, 0.4) is 0 Å². The highest BCUT2D eigenvalue weighted by Gasteiger charge is 2.35. The molecule has 0 spiro atoms. The van der Waals surface area contributed by atoms with Gasteiger partial charge in [0.1, 0.15) is 6.04 Å². The van der Waals surface area contributed by atoms with Crippen LogP contribution < -0.4 is 10.2 Å². The predicted molar refractivity (Wildman–Crippen MR) is 84.4 cm³/mol. The molecule has 1 aliphatic rings. The average molecular weight is 288 g/mol. The van der Waals surface area contributed by atoms with E-state index in [4.69, 9.17) is 0 Å². The van der Waals surface area contributed by atoms with Crippen molar-refractivity contribution in [1.82, 2.24) is 5.32 Å². The third-order valence-corrected chi connectivity index (χ3v) is 3.99. The number of carbonyl (C=O) groups is 2. The first kappa shape index (κ1) is 15.5. The predicted octanol–water partition coefficient (Wildman–Crippen LogP) is 2.98. The largest absolute Gasteiger partial charge is 0.340 e. The summed E-state index contributed by atoms with van der Waals surface area (Å²) in [6, 6.07) is 6.97. The molecule has 2 unspecified atom stereocenters. The number of nitrogens with one attached hydrogen (secondary N) is 1. The molecule has 0 bridgehead atoms. The lowest BCUT2D eigenvalue weighted by Gasteiger charge is -2.31. The van der Waals surface area contributed by atoms with Crippen molar-refractivity contribution in [3.63, 3.8) is 0 Å². The van der Waals surface area contributed by atoms with Gasteiger partial charge < -0.3 is 10.2 Å². The maximum Gasteiger partial charge on any atom is 0.254 e. The van der Waals surface area contributed by atoms with Crippen molar-refractivity contribution in [3.05, 3.63) is 29.8 Å². The Labute approximate surface area is 126 Å². The molecular formula is C17H24N2O2. The van der Waals surface area contributed by atoms with Crippen molar-refractivity contribution >= 4 is 17.5 Å². The van der Waals surface area contributed by atoms with Gasteiger partial charge in [-0.2, -0.15) is 0 Å². The average Bonchev–Trinajstić information content (AvgIpc) is 2.55. The maximum atomic E-state index is 12.9. The van der Waals surface area contributed by atoms with Crippen molar-refractivity contribution in [1.29, 1.82) is 0 Å². The summed E-state index contributed by atoms with van der Waals surface area (Å²) in [5.74, 6) is 0.186. The Morgan fingerprint density at radius 2 is 1.86 bits per heavy atom. The highest BCUT2D eigenvalue weighted by atomic mass is 16.2. The quantitative estimate of drug-likeness (QED) is 0.926. The number of nitrogens with zero attached hydrogens (tertiary/aromatic N) is 1. The molecule has 0 fully saturated rings. The molecule has 1 aliphatic heterocycles. The third-order valence-electron chi connectivity index (χ3n) is 3.99. The summed E-state index contributed by atoms with van der Waals surface area (Å²) >= 11 is 0. The number of anilines is 1. The van der Waals surface area contributed by atoms with Crippen molar-refractivity contribution < 1.29 is 9.59 Å². The first-order chi connectivity index (χ1) is 9.95. The van der Waals surface area contributed by atoms with E-state index in [0.29, 0.717) is 17.9 Å². The molecule has 2 amide bonds. The first-order valence-corrected chi connectivity index (χ1v) is 7.68. The van der Waals surface area contributed by atoms with Crippen LogP contribution in [0.2, 0.25) is 0 Å². The summed E-state index contributed by atoms with van der Waals surface area (Å²) in [5, 5.41) is 2.89. The van der Waals surface area contributed by atoms with Crippen molar-refractivity contribution in [3.8, 4) is 0 Å². The van der Waals surface area contributed by atoms with Crippen LogP contribution in [0.4, 0.5) is 5.69 Å². The number of amides is 2. The van der Waals surface area contributed by atoms with Crippen molar-refractivity contribution in [2.45, 2.75) is 52.6 Å². The molecule has 1 N–H and O–H groups in total. The molecule has 4 nitrogen and oxygen atoms in total. The van der Waals surface area contributed by atoms with E-state index < -0.39 is 6.04 Å². The molecule has 0 saturated carbocycles. The van der Waals surface area contributed by atoms with E-state index in [2.05, 4.69) is 26.1 Å². The molecule has 1 aromatic carbocycles. The molecule has 4 heteroatoms. The van der Waals surface area contributed by atoms with Crippen LogP contribution in [0.1, 0.15) is 50.9 Å². The molecule has 2 atom stereocenters. The molecule has 1 aromatic rings. The Morgan fingerprint density at radius 3 is 2.48 bits per heavy atom. The Morgan fingerprint density at radius 1 is 1.19 bits per heavy atom. The first-order valence-electron chi connectivity index (χ1n) is 7.68. The van der Waals surface area contributed by atoms with Crippen molar-refractivity contribution in [2.75, 3.05) is 4.90 Å². The lowest BCUT2D eigenvalue weighted by molar-refractivity contribution is -0.121. The minimum Gasteiger partial charge on any atom is -0.340 e. The van der Waals surface area contributed by atoms with Gasteiger partial charge in [0.25, 0.3) is 5.91 Å². The van der Waals surface area contributed by atoms with E-state index in [9.17, 15) is 9.59 Å².